The van der Waals surface area contributed by atoms with E-state index >= 15 is 0 Å². The molecule has 1 unspecified atom stereocenters. The number of thiophene rings is 1. The van der Waals surface area contributed by atoms with Crippen LogP contribution in [0.25, 0.3) is 5.76 Å². The number of esters is 1. The number of carbonyl (C=O) groups is 1. The van der Waals surface area contributed by atoms with E-state index in [4.69, 9.17) is 9.47 Å². The quantitative estimate of drug-likeness (QED) is 0.611. The average Bonchev–Trinajstić information content (AvgIpc) is 3.11. The van der Waals surface area contributed by atoms with Crippen molar-refractivity contribution in [3.8, 4) is 11.8 Å². The number of rotatable bonds is 2. The highest BCUT2D eigenvalue weighted by molar-refractivity contribution is 7.10. The molecule has 1 aliphatic heterocycles. The van der Waals surface area contributed by atoms with E-state index in [1.165, 1.54) is 0 Å². The van der Waals surface area contributed by atoms with Gasteiger partial charge in [0.1, 0.15) is 11.2 Å². The molecule has 3 nitrogen and oxygen atoms in total. The SMILES string of the molecule is COC1(C#Cc2cccs2)C=C(c2ccccc2)OC(=O)C1(C)C. The summed E-state index contributed by atoms with van der Waals surface area (Å²) < 4.78 is 11.3. The van der Waals surface area contributed by atoms with Crippen molar-refractivity contribution in [1.29, 1.82) is 0 Å². The van der Waals surface area contributed by atoms with Gasteiger partial charge >= 0.3 is 5.97 Å². The molecule has 0 radical (unpaired) electrons. The van der Waals surface area contributed by atoms with E-state index in [1.54, 1.807) is 32.3 Å². The van der Waals surface area contributed by atoms with Crippen LogP contribution < -0.4 is 0 Å². The minimum atomic E-state index is -1.06. The summed E-state index contributed by atoms with van der Waals surface area (Å²) >= 11 is 1.55. The highest BCUT2D eigenvalue weighted by atomic mass is 32.1. The Bertz CT molecular complexity index is 823. The Hall–Kier alpha value is -2.35. The van der Waals surface area contributed by atoms with Crippen LogP contribution >= 0.6 is 11.3 Å². The summed E-state index contributed by atoms with van der Waals surface area (Å²) in [6.07, 6.45) is 1.81. The lowest BCUT2D eigenvalue weighted by molar-refractivity contribution is -0.159. The summed E-state index contributed by atoms with van der Waals surface area (Å²) in [6.45, 7) is 3.58. The molecule has 1 aliphatic rings. The molecule has 0 bridgehead atoms. The summed E-state index contributed by atoms with van der Waals surface area (Å²) in [5, 5.41) is 1.97. The van der Waals surface area contributed by atoms with Crippen molar-refractivity contribution in [2.75, 3.05) is 7.11 Å². The Morgan fingerprint density at radius 1 is 1.12 bits per heavy atom. The van der Waals surface area contributed by atoms with Crippen molar-refractivity contribution in [2.45, 2.75) is 19.4 Å². The number of benzene rings is 1. The smallest absolute Gasteiger partial charge is 0.321 e. The maximum atomic E-state index is 12.6. The van der Waals surface area contributed by atoms with Gasteiger partial charge in [0.25, 0.3) is 0 Å². The molecule has 0 spiro atoms. The van der Waals surface area contributed by atoms with E-state index in [1.807, 2.05) is 53.9 Å². The number of methoxy groups -OCH3 is 1. The second kappa shape index (κ2) is 6.27. The molecule has 0 aliphatic carbocycles. The third-order valence-electron chi connectivity index (χ3n) is 4.25. The van der Waals surface area contributed by atoms with E-state index in [0.717, 1.165) is 10.4 Å². The summed E-state index contributed by atoms with van der Waals surface area (Å²) in [4.78, 5) is 13.6. The predicted octanol–water partition coefficient (Wildman–Crippen LogP) is 4.11. The fourth-order valence-corrected chi connectivity index (χ4v) is 3.15. The van der Waals surface area contributed by atoms with Crippen LogP contribution in [0.3, 0.4) is 0 Å². The normalized spacial score (nSPS) is 22.1. The van der Waals surface area contributed by atoms with Crippen molar-refractivity contribution in [2.24, 2.45) is 5.41 Å². The second-order valence-corrected chi connectivity index (χ2v) is 7.00. The van der Waals surface area contributed by atoms with Crippen molar-refractivity contribution in [3.05, 3.63) is 64.4 Å². The highest BCUT2D eigenvalue weighted by Crippen LogP contribution is 2.43. The molecule has 2 heterocycles. The fraction of sp³-hybridized carbons (Fsp3) is 0.250. The molecule has 1 aromatic heterocycles. The Morgan fingerprint density at radius 2 is 1.88 bits per heavy atom. The summed E-state index contributed by atoms with van der Waals surface area (Å²) in [5.41, 5.74) is -1.16. The minimum Gasteiger partial charge on any atom is -0.426 e. The average molecular weight is 338 g/mol. The standard InChI is InChI=1S/C20H18O3S/c1-19(2)18(21)23-17(15-8-5-4-6-9-15)14-20(19,22-3)12-11-16-10-7-13-24-16/h4-10,13-14H,1-3H3. The molecule has 1 atom stereocenters. The Balaban J connectivity index is 2.13. The topological polar surface area (TPSA) is 35.5 Å². The van der Waals surface area contributed by atoms with E-state index in [0.29, 0.717) is 5.76 Å². The van der Waals surface area contributed by atoms with Crippen LogP contribution in [-0.4, -0.2) is 18.7 Å². The Labute approximate surface area is 145 Å². The molecule has 3 rings (SSSR count). The van der Waals surface area contributed by atoms with Crippen LogP contribution in [-0.2, 0) is 14.3 Å². The third kappa shape index (κ3) is 2.77. The molecule has 122 valence electrons. The van der Waals surface area contributed by atoms with Gasteiger partial charge in [0.15, 0.2) is 5.60 Å². The monoisotopic (exact) mass is 338 g/mol. The van der Waals surface area contributed by atoms with E-state index < -0.39 is 11.0 Å². The van der Waals surface area contributed by atoms with Crippen LogP contribution in [0.4, 0.5) is 0 Å². The van der Waals surface area contributed by atoms with Crippen LogP contribution in [0.1, 0.15) is 24.3 Å². The number of hydrogen-bond donors (Lipinski definition) is 0. The van der Waals surface area contributed by atoms with Gasteiger partial charge in [0.2, 0.25) is 0 Å². The molecule has 0 saturated heterocycles. The zero-order valence-electron chi connectivity index (χ0n) is 13.8. The van der Waals surface area contributed by atoms with Crippen molar-refractivity contribution >= 4 is 23.1 Å². The summed E-state index contributed by atoms with van der Waals surface area (Å²) in [7, 11) is 1.57. The highest BCUT2D eigenvalue weighted by Gasteiger charge is 2.53. The van der Waals surface area contributed by atoms with Crippen molar-refractivity contribution in [1.82, 2.24) is 0 Å². The van der Waals surface area contributed by atoms with Gasteiger partial charge in [-0.3, -0.25) is 4.79 Å². The van der Waals surface area contributed by atoms with Gasteiger partial charge < -0.3 is 9.47 Å². The maximum Gasteiger partial charge on any atom is 0.321 e. The van der Waals surface area contributed by atoms with E-state index in [-0.39, 0.29) is 5.97 Å². The van der Waals surface area contributed by atoms with Crippen LogP contribution in [0.5, 0.6) is 0 Å². The van der Waals surface area contributed by atoms with Crippen LogP contribution in [0.2, 0.25) is 0 Å². The third-order valence-corrected chi connectivity index (χ3v) is 5.03. The first-order valence-corrected chi connectivity index (χ1v) is 8.49. The summed E-state index contributed by atoms with van der Waals surface area (Å²) in [6, 6.07) is 13.4. The predicted molar refractivity (Wildman–Crippen MR) is 95.2 cm³/mol. The largest absolute Gasteiger partial charge is 0.426 e. The fourth-order valence-electron chi connectivity index (χ4n) is 2.58. The number of carbonyl (C=O) groups excluding carboxylic acids is 1. The van der Waals surface area contributed by atoms with Crippen LogP contribution in [0, 0.1) is 17.3 Å². The second-order valence-electron chi connectivity index (χ2n) is 6.06. The van der Waals surface area contributed by atoms with Gasteiger partial charge in [0, 0.05) is 18.7 Å². The number of cyclic esters (lactones) is 1. The van der Waals surface area contributed by atoms with Gasteiger partial charge in [-0.05, 0) is 25.3 Å². The molecular formula is C20H18O3S. The number of ether oxygens (including phenoxy) is 2. The Morgan fingerprint density at radius 3 is 2.50 bits per heavy atom. The molecule has 0 saturated carbocycles. The minimum absolute atomic E-state index is 0.355. The van der Waals surface area contributed by atoms with E-state index in [9.17, 15) is 4.79 Å². The lowest BCUT2D eigenvalue weighted by atomic mass is 9.72. The van der Waals surface area contributed by atoms with Crippen molar-refractivity contribution < 1.29 is 14.3 Å². The van der Waals surface area contributed by atoms with Gasteiger partial charge in [-0.2, -0.15) is 0 Å². The molecule has 4 heteroatoms. The van der Waals surface area contributed by atoms with Gasteiger partial charge in [-0.1, -0.05) is 48.2 Å². The van der Waals surface area contributed by atoms with Crippen LogP contribution in [0.15, 0.2) is 53.9 Å². The first-order valence-electron chi connectivity index (χ1n) is 7.61. The maximum absolute atomic E-state index is 12.6. The molecule has 0 amide bonds. The molecule has 0 N–H and O–H groups in total. The first-order chi connectivity index (χ1) is 11.5. The lowest BCUT2D eigenvalue weighted by Gasteiger charge is -2.41. The molecule has 1 aromatic carbocycles. The van der Waals surface area contributed by atoms with Gasteiger partial charge in [-0.25, -0.2) is 0 Å². The van der Waals surface area contributed by atoms with Gasteiger partial charge in [0.05, 0.1) is 4.88 Å². The Kier molecular flexibility index (Phi) is 4.31. The lowest BCUT2D eigenvalue weighted by Crippen LogP contribution is -2.52. The zero-order valence-corrected chi connectivity index (χ0v) is 14.6. The van der Waals surface area contributed by atoms with E-state index in [2.05, 4.69) is 11.8 Å². The number of hydrogen-bond acceptors (Lipinski definition) is 4. The van der Waals surface area contributed by atoms with Crippen molar-refractivity contribution in [3.63, 3.8) is 0 Å². The molecular weight excluding hydrogens is 320 g/mol. The molecule has 2 aromatic rings. The molecule has 0 fully saturated rings. The zero-order chi connectivity index (χ0) is 17.2. The summed E-state index contributed by atoms with van der Waals surface area (Å²) in [5.74, 6) is 6.41. The molecule has 24 heavy (non-hydrogen) atoms. The van der Waals surface area contributed by atoms with Gasteiger partial charge in [-0.15, -0.1) is 11.3 Å². The first kappa shape index (κ1) is 16.5.